The highest BCUT2D eigenvalue weighted by Crippen LogP contribution is 2.45. The second-order valence-corrected chi connectivity index (χ2v) is 7.92. The largest absolute Gasteiger partial charge is 0.382 e. The average Bonchev–Trinajstić information content (AvgIpc) is 2.70. The molecule has 1 aliphatic heterocycles. The lowest BCUT2D eigenvalue weighted by atomic mass is 10.1. The molecule has 0 saturated carbocycles. The number of fused-ring (bicyclic) bond motifs is 1. The number of carbonyl (C=O) groups is 1. The number of likely N-dealkylation sites (N-methyl/N-ethyl adjacent to an activating group) is 1. The van der Waals surface area contributed by atoms with Crippen LogP contribution in [-0.4, -0.2) is 49.2 Å². The van der Waals surface area contributed by atoms with Crippen LogP contribution < -0.4 is 4.90 Å². The van der Waals surface area contributed by atoms with E-state index in [1.54, 1.807) is 17.0 Å². The number of thioether (sulfide) groups is 1. The highest BCUT2D eigenvalue weighted by Gasteiger charge is 2.37. The zero-order chi connectivity index (χ0) is 18.0. The summed E-state index contributed by atoms with van der Waals surface area (Å²) in [5.41, 5.74) is 1.74. The van der Waals surface area contributed by atoms with Gasteiger partial charge in [0, 0.05) is 23.0 Å². The number of halogens is 1. The Kier molecular flexibility index (Phi) is 5.69. The first-order valence-corrected chi connectivity index (χ1v) is 9.38. The molecule has 0 fully saturated rings. The van der Waals surface area contributed by atoms with E-state index in [4.69, 9.17) is 11.6 Å². The summed E-state index contributed by atoms with van der Waals surface area (Å²) >= 11 is 7.49. The number of hydrogen-bond donors (Lipinski definition) is 1. The van der Waals surface area contributed by atoms with Gasteiger partial charge in [-0.1, -0.05) is 35.9 Å². The van der Waals surface area contributed by atoms with E-state index in [9.17, 15) is 9.90 Å². The van der Waals surface area contributed by atoms with Gasteiger partial charge in [0.15, 0.2) is 0 Å². The highest BCUT2D eigenvalue weighted by atomic mass is 35.5. The minimum atomic E-state index is -1.11. The van der Waals surface area contributed by atoms with E-state index in [1.165, 1.54) is 11.8 Å². The number of para-hydroxylation sites is 1. The van der Waals surface area contributed by atoms with E-state index in [0.717, 1.165) is 22.7 Å². The van der Waals surface area contributed by atoms with E-state index in [-0.39, 0.29) is 11.2 Å². The van der Waals surface area contributed by atoms with Crippen molar-refractivity contribution < 1.29 is 9.90 Å². The predicted octanol–water partition coefficient (Wildman–Crippen LogP) is 3.44. The van der Waals surface area contributed by atoms with Gasteiger partial charge in [-0.05, 0) is 43.9 Å². The molecule has 3 rings (SSSR count). The quantitative estimate of drug-likeness (QED) is 0.887. The first-order valence-electron chi connectivity index (χ1n) is 8.12. The minimum Gasteiger partial charge on any atom is -0.382 e. The molecule has 6 heteroatoms. The predicted molar refractivity (Wildman–Crippen MR) is 103 cm³/mol. The van der Waals surface area contributed by atoms with Crippen LogP contribution in [0.1, 0.15) is 10.8 Å². The number of amides is 1. The number of aliphatic hydroxyl groups excluding tert-OH is 1. The van der Waals surface area contributed by atoms with Crippen LogP contribution in [0.25, 0.3) is 0 Å². The minimum absolute atomic E-state index is 0.265. The number of rotatable bonds is 4. The molecule has 25 heavy (non-hydrogen) atoms. The lowest BCUT2D eigenvalue weighted by Crippen LogP contribution is -2.43. The molecule has 2 aromatic carbocycles. The van der Waals surface area contributed by atoms with E-state index >= 15 is 0 Å². The number of aliphatic hydroxyl groups is 1. The van der Waals surface area contributed by atoms with Crippen LogP contribution >= 0.6 is 23.4 Å². The highest BCUT2D eigenvalue weighted by molar-refractivity contribution is 7.99. The molecule has 0 bridgehead atoms. The van der Waals surface area contributed by atoms with Crippen molar-refractivity contribution >= 4 is 35.0 Å². The molecule has 2 aromatic rings. The maximum atomic E-state index is 13.0. The van der Waals surface area contributed by atoms with Crippen LogP contribution in [0.2, 0.25) is 5.02 Å². The lowest BCUT2D eigenvalue weighted by Gasteiger charge is -2.26. The smallest absolute Gasteiger partial charge is 0.257 e. The van der Waals surface area contributed by atoms with E-state index in [2.05, 4.69) is 0 Å². The molecule has 0 saturated heterocycles. The third-order valence-electron chi connectivity index (χ3n) is 4.19. The Morgan fingerprint density at radius 1 is 1.16 bits per heavy atom. The molecule has 2 atom stereocenters. The van der Waals surface area contributed by atoms with Crippen LogP contribution in [0.15, 0.2) is 53.4 Å². The Hall–Kier alpha value is -1.53. The fourth-order valence-corrected chi connectivity index (χ4v) is 4.22. The average molecular weight is 377 g/mol. The molecular weight excluding hydrogens is 356 g/mol. The molecule has 0 spiro atoms. The number of carbonyl (C=O) groups excluding carboxylic acids is 1. The number of benzene rings is 2. The molecule has 1 amide bonds. The monoisotopic (exact) mass is 376 g/mol. The molecule has 0 aliphatic carbocycles. The van der Waals surface area contributed by atoms with Crippen LogP contribution in [0.4, 0.5) is 5.69 Å². The molecule has 1 N–H and O–H groups in total. The first-order chi connectivity index (χ1) is 12.0. The maximum Gasteiger partial charge on any atom is 0.257 e. The summed E-state index contributed by atoms with van der Waals surface area (Å²) in [6.07, 6.45) is -1.11. The van der Waals surface area contributed by atoms with Gasteiger partial charge in [0.25, 0.3) is 5.91 Å². The Balaban J connectivity index is 1.99. The summed E-state index contributed by atoms with van der Waals surface area (Å²) in [6, 6.07) is 15.1. The summed E-state index contributed by atoms with van der Waals surface area (Å²) in [5.74, 6) is -0.265. The molecule has 132 valence electrons. The van der Waals surface area contributed by atoms with E-state index in [0.29, 0.717) is 11.6 Å². The van der Waals surface area contributed by atoms with Crippen molar-refractivity contribution in [2.24, 2.45) is 0 Å². The summed E-state index contributed by atoms with van der Waals surface area (Å²) in [4.78, 5) is 17.7. The summed E-state index contributed by atoms with van der Waals surface area (Å²) < 4.78 is 0. The Labute approximate surface area is 157 Å². The topological polar surface area (TPSA) is 43.8 Å². The number of hydrogen-bond acceptors (Lipinski definition) is 4. The Bertz CT molecular complexity index is 751. The number of anilines is 1. The van der Waals surface area contributed by atoms with Crippen LogP contribution in [0.5, 0.6) is 0 Å². The second kappa shape index (κ2) is 7.79. The van der Waals surface area contributed by atoms with Gasteiger partial charge in [-0.15, -0.1) is 11.8 Å². The second-order valence-electron chi connectivity index (χ2n) is 6.30. The van der Waals surface area contributed by atoms with E-state index < -0.39 is 6.10 Å². The van der Waals surface area contributed by atoms with Gasteiger partial charge >= 0.3 is 0 Å². The zero-order valence-corrected chi connectivity index (χ0v) is 15.8. The third-order valence-corrected chi connectivity index (χ3v) is 5.82. The van der Waals surface area contributed by atoms with Crippen molar-refractivity contribution in [1.82, 2.24) is 4.90 Å². The van der Waals surface area contributed by atoms with Gasteiger partial charge in [-0.25, -0.2) is 0 Å². The fraction of sp³-hybridized carbons (Fsp3) is 0.316. The Morgan fingerprint density at radius 3 is 2.52 bits per heavy atom. The molecule has 4 nitrogen and oxygen atoms in total. The van der Waals surface area contributed by atoms with Gasteiger partial charge in [-0.2, -0.15) is 0 Å². The molecular formula is C19H21ClN2O2S. The van der Waals surface area contributed by atoms with Crippen molar-refractivity contribution in [3.05, 3.63) is 59.1 Å². The van der Waals surface area contributed by atoms with Crippen LogP contribution in [0.3, 0.4) is 0 Å². The maximum absolute atomic E-state index is 13.0. The molecule has 0 aromatic heterocycles. The van der Waals surface area contributed by atoms with Crippen molar-refractivity contribution in [2.75, 3.05) is 32.1 Å². The normalized spacial score (nSPS) is 20.5. The number of nitrogens with zero attached hydrogens (tertiary/aromatic N) is 2. The van der Waals surface area contributed by atoms with Crippen molar-refractivity contribution in [2.45, 2.75) is 16.2 Å². The molecule has 1 heterocycles. The standard InChI is InChI=1S/C19H21ClN2O2S/c1-21(2)11-12-22-15-5-3-4-6-16(15)25-18(17(23)19(22)24)13-7-9-14(20)10-8-13/h3-10,17-18,23H,11-12H2,1-2H3. The Morgan fingerprint density at radius 2 is 1.84 bits per heavy atom. The van der Waals surface area contributed by atoms with Crippen molar-refractivity contribution in [1.29, 1.82) is 0 Å². The summed E-state index contributed by atoms with van der Waals surface area (Å²) in [6.45, 7) is 1.26. The van der Waals surface area contributed by atoms with Crippen molar-refractivity contribution in [3.63, 3.8) is 0 Å². The van der Waals surface area contributed by atoms with Gasteiger partial charge in [0.2, 0.25) is 0 Å². The summed E-state index contributed by atoms with van der Waals surface area (Å²) in [7, 11) is 3.94. The van der Waals surface area contributed by atoms with Crippen LogP contribution in [-0.2, 0) is 4.79 Å². The fourth-order valence-electron chi connectivity index (χ4n) is 2.82. The zero-order valence-electron chi connectivity index (χ0n) is 14.2. The van der Waals surface area contributed by atoms with Gasteiger partial charge in [0.1, 0.15) is 6.10 Å². The molecule has 0 radical (unpaired) electrons. The van der Waals surface area contributed by atoms with Gasteiger partial charge in [-0.3, -0.25) is 4.79 Å². The summed E-state index contributed by atoms with van der Waals surface area (Å²) in [5, 5.41) is 11.1. The van der Waals surface area contributed by atoms with E-state index in [1.807, 2.05) is 55.4 Å². The van der Waals surface area contributed by atoms with Gasteiger partial charge < -0.3 is 14.9 Å². The third kappa shape index (κ3) is 4.01. The SMILES string of the molecule is CN(C)CCN1C(=O)C(O)C(c2ccc(Cl)cc2)Sc2ccccc21. The van der Waals surface area contributed by atoms with Gasteiger partial charge in [0.05, 0.1) is 10.9 Å². The van der Waals surface area contributed by atoms with Crippen molar-refractivity contribution in [3.8, 4) is 0 Å². The first kappa shape index (κ1) is 18.3. The lowest BCUT2D eigenvalue weighted by molar-refractivity contribution is -0.126. The molecule has 2 unspecified atom stereocenters. The van der Waals surface area contributed by atoms with Crippen LogP contribution in [0, 0.1) is 0 Å². The molecule has 1 aliphatic rings.